The SMILES string of the molecule is C#Cc1c(F)ccc2cc(O)cc(-c3nc4c5c(cc(OC[C@@]67CCCN6C[C@H](F)C7)nc5c3F)N(C(C)c3cccnc3N)CCO4)c12. The molecule has 0 saturated carbocycles. The Kier molecular flexibility index (Phi) is 7.41. The number of pyridine rings is 3. The van der Waals surface area contributed by atoms with Gasteiger partial charge in [-0.15, -0.1) is 6.42 Å². The number of rotatable bonds is 6. The molecule has 2 fully saturated rings. The number of hydrogen-bond donors (Lipinski definition) is 2. The van der Waals surface area contributed by atoms with Crippen molar-refractivity contribution in [1.82, 2.24) is 19.9 Å². The summed E-state index contributed by atoms with van der Waals surface area (Å²) in [7, 11) is 0. The average Bonchev–Trinajstić information content (AvgIpc) is 3.55. The molecule has 8 rings (SSSR count). The summed E-state index contributed by atoms with van der Waals surface area (Å²) in [4.78, 5) is 17.7. The molecular weight excluding hydrogens is 633 g/mol. The molecule has 1 unspecified atom stereocenters. The normalized spacial score (nSPS) is 21.0. The number of aromatic hydroxyl groups is 1. The van der Waals surface area contributed by atoms with Gasteiger partial charge in [-0.1, -0.05) is 18.1 Å². The van der Waals surface area contributed by atoms with Crippen LogP contribution in [0.1, 0.15) is 43.4 Å². The summed E-state index contributed by atoms with van der Waals surface area (Å²) in [6, 6.07) is 10.5. The van der Waals surface area contributed by atoms with E-state index in [0.29, 0.717) is 41.8 Å². The number of halogens is 3. The number of fused-ring (bicyclic) bond motifs is 2. The second kappa shape index (κ2) is 11.7. The number of terminal acetylenes is 1. The highest BCUT2D eigenvalue weighted by molar-refractivity contribution is 6.04. The van der Waals surface area contributed by atoms with Gasteiger partial charge < -0.3 is 25.2 Å². The van der Waals surface area contributed by atoms with Crippen LogP contribution in [0.15, 0.2) is 48.7 Å². The molecule has 2 aromatic carbocycles. The number of nitrogen functional groups attached to an aromatic ring is 1. The maximum absolute atomic E-state index is 17.1. The Bertz CT molecular complexity index is 2190. The van der Waals surface area contributed by atoms with E-state index >= 15 is 4.39 Å². The van der Waals surface area contributed by atoms with Crippen LogP contribution in [-0.4, -0.2) is 69.5 Å². The maximum atomic E-state index is 17.1. The van der Waals surface area contributed by atoms with Gasteiger partial charge in [-0.2, -0.15) is 0 Å². The Balaban J connectivity index is 1.34. The number of ether oxygens (including phenoxy) is 2. The number of phenolic OH excluding ortho intramolecular Hbond substituents is 1. The van der Waals surface area contributed by atoms with E-state index in [1.54, 1.807) is 18.3 Å². The van der Waals surface area contributed by atoms with Crippen LogP contribution in [0.3, 0.4) is 0 Å². The predicted octanol–water partition coefficient (Wildman–Crippen LogP) is 6.31. The van der Waals surface area contributed by atoms with Gasteiger partial charge in [-0.3, -0.25) is 4.90 Å². The van der Waals surface area contributed by atoms with Crippen LogP contribution in [0.4, 0.5) is 24.7 Å². The minimum absolute atomic E-state index is 0.0782. The number of nitrogens with zero attached hydrogens (tertiary/aromatic N) is 5. The Morgan fingerprint density at radius 1 is 1.18 bits per heavy atom. The van der Waals surface area contributed by atoms with Crippen molar-refractivity contribution in [2.75, 3.05) is 43.5 Å². The lowest BCUT2D eigenvalue weighted by atomic mass is 9.95. The van der Waals surface area contributed by atoms with Crippen molar-refractivity contribution >= 4 is 33.2 Å². The number of anilines is 2. The van der Waals surface area contributed by atoms with Crippen LogP contribution in [0.25, 0.3) is 32.9 Å². The molecule has 6 heterocycles. The molecule has 3 aliphatic heterocycles. The number of aromatic nitrogens is 3. The summed E-state index contributed by atoms with van der Waals surface area (Å²) in [5, 5.41) is 11.6. The van der Waals surface area contributed by atoms with Crippen molar-refractivity contribution in [3.63, 3.8) is 0 Å². The maximum Gasteiger partial charge on any atom is 0.225 e. The minimum atomic E-state index is -0.944. The second-order valence-corrected chi connectivity index (χ2v) is 13.0. The highest BCUT2D eigenvalue weighted by Crippen LogP contribution is 2.46. The molecule has 3 aromatic heterocycles. The summed E-state index contributed by atoms with van der Waals surface area (Å²) in [5.74, 6) is 1.27. The standard InChI is InChI=1S/C37H33F3N6O3/c1-3-24-27(39)8-7-21-14-23(47)15-26(30(21)24)33-32(40)34-31-28(16-29(43-34)49-19-37-9-5-11-45(37)18-22(38)17-37)46(12-13-48-36(31)44-33)20(2)25-6-4-10-42-35(25)41/h1,4,6-8,10,14-16,20,22,47H,5,9,11-13,17-19H2,2H3,(H2,41,42)/t20?,22-,37+/m1/s1. The van der Waals surface area contributed by atoms with Crippen LogP contribution in [0.5, 0.6) is 17.5 Å². The molecule has 0 radical (unpaired) electrons. The lowest BCUT2D eigenvalue weighted by Gasteiger charge is -2.32. The molecule has 0 aliphatic carbocycles. The molecular formula is C37H33F3N6O3. The zero-order chi connectivity index (χ0) is 34.0. The van der Waals surface area contributed by atoms with E-state index in [-0.39, 0.29) is 64.5 Å². The third kappa shape index (κ3) is 5.03. The average molecular weight is 667 g/mol. The number of phenols is 1. The van der Waals surface area contributed by atoms with Gasteiger partial charge in [0.25, 0.3) is 0 Å². The molecule has 0 bridgehead atoms. The molecule has 49 heavy (non-hydrogen) atoms. The van der Waals surface area contributed by atoms with Crippen molar-refractivity contribution in [2.45, 2.75) is 43.9 Å². The molecule has 250 valence electrons. The van der Waals surface area contributed by atoms with E-state index in [2.05, 4.69) is 25.8 Å². The minimum Gasteiger partial charge on any atom is -0.508 e. The van der Waals surface area contributed by atoms with Crippen LogP contribution >= 0.6 is 0 Å². The molecule has 9 nitrogen and oxygen atoms in total. The highest BCUT2D eigenvalue weighted by Gasteiger charge is 2.49. The van der Waals surface area contributed by atoms with Crippen LogP contribution in [0.2, 0.25) is 0 Å². The van der Waals surface area contributed by atoms with Crippen LogP contribution in [-0.2, 0) is 0 Å². The Morgan fingerprint density at radius 3 is 2.86 bits per heavy atom. The van der Waals surface area contributed by atoms with Gasteiger partial charge in [-0.25, -0.2) is 28.1 Å². The fourth-order valence-electron chi connectivity index (χ4n) is 7.90. The smallest absolute Gasteiger partial charge is 0.225 e. The van der Waals surface area contributed by atoms with Gasteiger partial charge in [0.05, 0.1) is 34.8 Å². The Morgan fingerprint density at radius 2 is 2.04 bits per heavy atom. The molecule has 12 heteroatoms. The molecule has 3 aliphatic rings. The van der Waals surface area contributed by atoms with Gasteiger partial charge in [0, 0.05) is 41.7 Å². The van der Waals surface area contributed by atoms with E-state index < -0.39 is 23.3 Å². The first kappa shape index (κ1) is 31.0. The lowest BCUT2D eigenvalue weighted by molar-refractivity contribution is 0.111. The zero-order valence-corrected chi connectivity index (χ0v) is 26.7. The quantitative estimate of drug-likeness (QED) is 0.202. The number of alkyl halides is 1. The summed E-state index contributed by atoms with van der Waals surface area (Å²) < 4.78 is 59.3. The van der Waals surface area contributed by atoms with Crippen molar-refractivity contribution < 1.29 is 27.8 Å². The van der Waals surface area contributed by atoms with E-state index in [1.807, 2.05) is 17.9 Å². The number of hydrogen-bond acceptors (Lipinski definition) is 9. The molecule has 0 amide bonds. The van der Waals surface area contributed by atoms with Crippen molar-refractivity contribution in [3.05, 3.63) is 71.4 Å². The van der Waals surface area contributed by atoms with Gasteiger partial charge in [0.15, 0.2) is 5.82 Å². The predicted molar refractivity (Wildman–Crippen MR) is 180 cm³/mol. The monoisotopic (exact) mass is 666 g/mol. The van der Waals surface area contributed by atoms with Crippen molar-refractivity contribution in [1.29, 1.82) is 0 Å². The second-order valence-electron chi connectivity index (χ2n) is 13.0. The van der Waals surface area contributed by atoms with Crippen molar-refractivity contribution in [3.8, 4) is 41.1 Å². The Hall–Kier alpha value is -5.28. The topological polar surface area (TPSA) is 110 Å². The fraction of sp³-hybridized carbons (Fsp3) is 0.324. The number of nitrogens with two attached hydrogens (primary N) is 1. The lowest BCUT2D eigenvalue weighted by Crippen LogP contribution is -2.43. The zero-order valence-electron chi connectivity index (χ0n) is 26.7. The molecule has 2 saturated heterocycles. The van der Waals surface area contributed by atoms with Crippen LogP contribution < -0.4 is 20.1 Å². The fourth-order valence-corrected chi connectivity index (χ4v) is 7.90. The summed E-state index contributed by atoms with van der Waals surface area (Å²) in [5.41, 5.74) is 6.80. The molecule has 5 aromatic rings. The van der Waals surface area contributed by atoms with Crippen molar-refractivity contribution in [2.24, 2.45) is 0 Å². The van der Waals surface area contributed by atoms with Gasteiger partial charge >= 0.3 is 0 Å². The van der Waals surface area contributed by atoms with Gasteiger partial charge in [0.1, 0.15) is 48.0 Å². The van der Waals surface area contributed by atoms with E-state index in [4.69, 9.17) is 21.6 Å². The molecule has 3 atom stereocenters. The summed E-state index contributed by atoms with van der Waals surface area (Å²) >= 11 is 0. The largest absolute Gasteiger partial charge is 0.508 e. The first-order valence-corrected chi connectivity index (χ1v) is 16.3. The van der Waals surface area contributed by atoms with Crippen LogP contribution in [0, 0.1) is 24.0 Å². The first-order chi connectivity index (χ1) is 23.7. The molecule has 3 N–H and O–H groups in total. The summed E-state index contributed by atoms with van der Waals surface area (Å²) in [6.07, 6.45) is 8.47. The third-order valence-corrected chi connectivity index (χ3v) is 10.2. The number of benzene rings is 2. The highest BCUT2D eigenvalue weighted by atomic mass is 19.1. The summed E-state index contributed by atoms with van der Waals surface area (Å²) in [6.45, 7) is 3.84. The van der Waals surface area contributed by atoms with E-state index in [0.717, 1.165) is 24.9 Å². The third-order valence-electron chi connectivity index (χ3n) is 10.2. The van der Waals surface area contributed by atoms with E-state index in [1.165, 1.54) is 24.3 Å². The first-order valence-electron chi connectivity index (χ1n) is 16.3. The van der Waals surface area contributed by atoms with Gasteiger partial charge in [0.2, 0.25) is 11.8 Å². The molecule has 0 spiro atoms. The van der Waals surface area contributed by atoms with E-state index in [9.17, 15) is 13.9 Å². The Labute approximate surface area is 280 Å². The van der Waals surface area contributed by atoms with Gasteiger partial charge in [-0.05, 0) is 56.0 Å².